The highest BCUT2D eigenvalue weighted by Crippen LogP contribution is 2.40. The number of rotatable bonds is 6. The Kier molecular flexibility index (Phi) is 5.95. The lowest BCUT2D eigenvalue weighted by Gasteiger charge is -2.32. The molecule has 0 amide bonds. The van der Waals surface area contributed by atoms with Crippen molar-refractivity contribution in [3.63, 3.8) is 0 Å². The molecule has 0 radical (unpaired) electrons. The molecule has 1 saturated carbocycles. The third kappa shape index (κ3) is 4.14. The largest absolute Gasteiger partial charge is 0.462 e. The van der Waals surface area contributed by atoms with Gasteiger partial charge in [0.05, 0.1) is 36.4 Å². The van der Waals surface area contributed by atoms with Crippen molar-refractivity contribution in [1.29, 1.82) is 0 Å². The Bertz CT molecular complexity index is 1090. The molecule has 2 fully saturated rings. The van der Waals surface area contributed by atoms with Crippen LogP contribution in [0.2, 0.25) is 0 Å². The number of benzene rings is 1. The van der Waals surface area contributed by atoms with E-state index in [1.165, 1.54) is 19.2 Å². The zero-order chi connectivity index (χ0) is 22.1. The van der Waals surface area contributed by atoms with Gasteiger partial charge in [-0.05, 0) is 25.8 Å². The third-order valence-electron chi connectivity index (χ3n) is 5.52. The number of esters is 2. The van der Waals surface area contributed by atoms with Crippen LogP contribution < -0.4 is 10.3 Å². The second-order valence-electron chi connectivity index (χ2n) is 7.69. The highest BCUT2D eigenvalue weighted by Gasteiger charge is 2.31. The summed E-state index contributed by atoms with van der Waals surface area (Å²) in [6.45, 7) is 4.73. The van der Waals surface area contributed by atoms with E-state index in [9.17, 15) is 14.4 Å². The summed E-state index contributed by atoms with van der Waals surface area (Å²) in [7, 11) is 0. The number of halogens is 1. The van der Waals surface area contributed by atoms with Gasteiger partial charge in [0.15, 0.2) is 0 Å². The summed E-state index contributed by atoms with van der Waals surface area (Å²) in [6.07, 6.45) is 3.24. The zero-order valence-electron chi connectivity index (χ0n) is 17.6. The first-order valence-corrected chi connectivity index (χ1v) is 10.5. The normalized spacial score (nSPS) is 16.4. The minimum absolute atomic E-state index is 0.0779. The van der Waals surface area contributed by atoms with Gasteiger partial charge in [-0.3, -0.25) is 9.59 Å². The average molecular weight is 432 g/mol. The summed E-state index contributed by atoms with van der Waals surface area (Å²) in [6, 6.07) is 1.26. The number of fused-ring (bicyclic) bond motifs is 1. The van der Waals surface area contributed by atoms with Gasteiger partial charge < -0.3 is 23.7 Å². The van der Waals surface area contributed by atoms with E-state index in [1.807, 2.05) is 9.47 Å². The molecule has 9 heteroatoms. The molecule has 0 N–H and O–H groups in total. The number of anilines is 1. The molecule has 2 heterocycles. The van der Waals surface area contributed by atoms with Crippen molar-refractivity contribution in [2.24, 2.45) is 0 Å². The predicted octanol–water partition coefficient (Wildman–Crippen LogP) is 2.55. The number of morpholine rings is 1. The first-order valence-electron chi connectivity index (χ1n) is 10.5. The fourth-order valence-electron chi connectivity index (χ4n) is 3.99. The molecule has 4 rings (SSSR count). The molecule has 2 aliphatic rings. The molecule has 0 bridgehead atoms. The Morgan fingerprint density at radius 2 is 1.94 bits per heavy atom. The van der Waals surface area contributed by atoms with Crippen LogP contribution in [0.3, 0.4) is 0 Å². The molecule has 31 heavy (non-hydrogen) atoms. The Labute approximate surface area is 178 Å². The van der Waals surface area contributed by atoms with E-state index in [-0.39, 0.29) is 30.2 Å². The summed E-state index contributed by atoms with van der Waals surface area (Å²) >= 11 is 0. The van der Waals surface area contributed by atoms with Crippen molar-refractivity contribution in [2.75, 3.05) is 37.8 Å². The van der Waals surface area contributed by atoms with Gasteiger partial charge in [-0.2, -0.15) is 0 Å². The zero-order valence-corrected chi connectivity index (χ0v) is 17.6. The third-order valence-corrected chi connectivity index (χ3v) is 5.52. The first kappa shape index (κ1) is 21.3. The predicted molar refractivity (Wildman–Crippen MR) is 111 cm³/mol. The van der Waals surface area contributed by atoms with Crippen LogP contribution in [0, 0.1) is 5.82 Å². The first-order chi connectivity index (χ1) is 14.9. The lowest BCUT2D eigenvalue weighted by molar-refractivity contribution is -0.142. The molecule has 1 aliphatic carbocycles. The molecule has 1 aliphatic heterocycles. The van der Waals surface area contributed by atoms with Gasteiger partial charge in [0.1, 0.15) is 18.0 Å². The van der Waals surface area contributed by atoms with Crippen molar-refractivity contribution in [3.05, 3.63) is 39.4 Å². The van der Waals surface area contributed by atoms with Crippen LogP contribution in [0.1, 0.15) is 48.7 Å². The SMILES string of the molecule is CCOC(=O)c1cn(C2CC2)c2c(COC(C)=O)c(N3CCOCC3)c(F)cc2c1=O. The number of aromatic nitrogens is 1. The summed E-state index contributed by atoms with van der Waals surface area (Å²) in [5, 5.41) is 0.0779. The maximum absolute atomic E-state index is 15.4. The molecule has 166 valence electrons. The smallest absolute Gasteiger partial charge is 0.343 e. The van der Waals surface area contributed by atoms with Gasteiger partial charge in [-0.25, -0.2) is 9.18 Å². The Hall–Kier alpha value is -2.94. The summed E-state index contributed by atoms with van der Waals surface area (Å²) in [5.74, 6) is -1.84. The van der Waals surface area contributed by atoms with E-state index >= 15 is 4.39 Å². The van der Waals surface area contributed by atoms with Gasteiger partial charge in [-0.1, -0.05) is 0 Å². The van der Waals surface area contributed by atoms with Crippen molar-refractivity contribution in [2.45, 2.75) is 39.3 Å². The molecule has 0 unspecified atom stereocenters. The van der Waals surface area contributed by atoms with Crippen LogP contribution in [-0.4, -0.2) is 49.4 Å². The van der Waals surface area contributed by atoms with Crippen LogP contribution in [0.15, 0.2) is 17.1 Å². The number of hydrogen-bond donors (Lipinski definition) is 0. The molecule has 1 aromatic carbocycles. The number of carbonyl (C=O) groups is 2. The van der Waals surface area contributed by atoms with E-state index in [0.29, 0.717) is 43.1 Å². The van der Waals surface area contributed by atoms with Gasteiger partial charge in [-0.15, -0.1) is 0 Å². The maximum atomic E-state index is 15.4. The summed E-state index contributed by atoms with van der Waals surface area (Å²) < 4.78 is 32.9. The number of pyridine rings is 1. The summed E-state index contributed by atoms with van der Waals surface area (Å²) in [5.41, 5.74) is 0.492. The number of carbonyl (C=O) groups excluding carboxylic acids is 2. The lowest BCUT2D eigenvalue weighted by Crippen LogP contribution is -2.37. The van der Waals surface area contributed by atoms with E-state index in [4.69, 9.17) is 14.2 Å². The van der Waals surface area contributed by atoms with Gasteiger partial charge in [0.25, 0.3) is 0 Å². The standard InChI is InChI=1S/C22H25FN2O6/c1-3-30-22(28)16-11-25(14-4-5-14)19-15(21(16)27)10-18(23)20(17(19)12-31-13(2)26)24-6-8-29-9-7-24/h10-11,14H,3-9,12H2,1-2H3. The van der Waals surface area contributed by atoms with E-state index in [2.05, 4.69) is 0 Å². The van der Waals surface area contributed by atoms with Gasteiger partial charge in [0, 0.05) is 37.8 Å². The number of nitrogens with zero attached hydrogens (tertiary/aromatic N) is 2. The molecule has 8 nitrogen and oxygen atoms in total. The van der Waals surface area contributed by atoms with Crippen LogP contribution in [-0.2, 0) is 25.6 Å². The Morgan fingerprint density at radius 1 is 1.23 bits per heavy atom. The highest BCUT2D eigenvalue weighted by molar-refractivity contribution is 5.96. The highest BCUT2D eigenvalue weighted by atomic mass is 19.1. The van der Waals surface area contributed by atoms with E-state index in [1.54, 1.807) is 6.92 Å². The number of ether oxygens (including phenoxy) is 3. The Morgan fingerprint density at radius 3 is 2.55 bits per heavy atom. The van der Waals surface area contributed by atoms with Crippen LogP contribution in [0.5, 0.6) is 0 Å². The molecule has 0 spiro atoms. The topological polar surface area (TPSA) is 87.1 Å². The molecule has 1 aromatic heterocycles. The Balaban J connectivity index is 2.00. The quantitative estimate of drug-likeness (QED) is 0.649. The molecular formula is C22H25FN2O6. The minimum atomic E-state index is -0.733. The van der Waals surface area contributed by atoms with Crippen molar-refractivity contribution in [1.82, 2.24) is 4.57 Å². The van der Waals surface area contributed by atoms with E-state index in [0.717, 1.165) is 12.8 Å². The van der Waals surface area contributed by atoms with Crippen LogP contribution in [0.4, 0.5) is 10.1 Å². The van der Waals surface area contributed by atoms with Crippen molar-refractivity contribution in [3.8, 4) is 0 Å². The second-order valence-corrected chi connectivity index (χ2v) is 7.69. The van der Waals surface area contributed by atoms with Crippen molar-refractivity contribution < 1.29 is 28.2 Å². The lowest BCUT2D eigenvalue weighted by atomic mass is 10.0. The monoisotopic (exact) mass is 432 g/mol. The summed E-state index contributed by atoms with van der Waals surface area (Å²) in [4.78, 5) is 38.9. The molecule has 2 aromatic rings. The maximum Gasteiger partial charge on any atom is 0.343 e. The fraction of sp³-hybridized carbons (Fsp3) is 0.500. The minimum Gasteiger partial charge on any atom is -0.462 e. The van der Waals surface area contributed by atoms with Crippen LogP contribution in [0.25, 0.3) is 10.9 Å². The molecular weight excluding hydrogens is 407 g/mol. The number of hydrogen-bond acceptors (Lipinski definition) is 7. The molecule has 1 saturated heterocycles. The molecule has 0 atom stereocenters. The van der Waals surface area contributed by atoms with Crippen molar-refractivity contribution >= 4 is 28.5 Å². The average Bonchev–Trinajstić information content (AvgIpc) is 3.58. The van der Waals surface area contributed by atoms with Crippen LogP contribution >= 0.6 is 0 Å². The van der Waals surface area contributed by atoms with E-state index < -0.39 is 23.2 Å². The van der Waals surface area contributed by atoms with Gasteiger partial charge in [0.2, 0.25) is 5.43 Å². The fourth-order valence-corrected chi connectivity index (χ4v) is 3.99. The second kappa shape index (κ2) is 8.66. The van der Waals surface area contributed by atoms with Gasteiger partial charge >= 0.3 is 11.9 Å².